The minimum atomic E-state index is -0.385. The Morgan fingerprint density at radius 2 is 1.55 bits per heavy atom. The van der Waals surface area contributed by atoms with E-state index in [1.807, 2.05) is 48.5 Å². The summed E-state index contributed by atoms with van der Waals surface area (Å²) in [6.07, 6.45) is 0.501. The van der Waals surface area contributed by atoms with Crippen molar-refractivity contribution in [3.05, 3.63) is 59.7 Å². The molecule has 0 aromatic heterocycles. The number of aldehydes is 1. The SMILES string of the molecule is CC1(C)COC(c2ccccc2-c2ccccc2C=O)OC1. The summed E-state index contributed by atoms with van der Waals surface area (Å²) >= 11 is 0. The standard InChI is InChI=1S/C19H20O3/c1-19(2)12-21-18(22-13-19)17-10-6-5-9-16(17)15-8-4-3-7-14(15)11-20/h3-11,18H,12-13H2,1-2H3. The molecule has 0 N–H and O–H groups in total. The van der Waals surface area contributed by atoms with E-state index in [4.69, 9.17) is 9.47 Å². The maximum atomic E-state index is 11.3. The zero-order chi connectivity index (χ0) is 15.6. The maximum Gasteiger partial charge on any atom is 0.184 e. The highest BCUT2D eigenvalue weighted by Crippen LogP contribution is 2.36. The summed E-state index contributed by atoms with van der Waals surface area (Å²) < 4.78 is 11.8. The van der Waals surface area contributed by atoms with Crippen LogP contribution in [0.15, 0.2) is 48.5 Å². The van der Waals surface area contributed by atoms with Crippen molar-refractivity contribution in [3.8, 4) is 11.1 Å². The quantitative estimate of drug-likeness (QED) is 0.795. The fourth-order valence-corrected chi connectivity index (χ4v) is 2.66. The van der Waals surface area contributed by atoms with Crippen LogP contribution in [0.3, 0.4) is 0 Å². The van der Waals surface area contributed by atoms with Gasteiger partial charge in [-0.2, -0.15) is 0 Å². The Balaban J connectivity index is 1.99. The highest BCUT2D eigenvalue weighted by atomic mass is 16.7. The predicted molar refractivity (Wildman–Crippen MR) is 85.7 cm³/mol. The largest absolute Gasteiger partial charge is 0.348 e. The van der Waals surface area contributed by atoms with Crippen molar-refractivity contribution in [2.24, 2.45) is 5.41 Å². The van der Waals surface area contributed by atoms with Crippen molar-refractivity contribution in [1.82, 2.24) is 0 Å². The first-order valence-corrected chi connectivity index (χ1v) is 7.47. The molecule has 1 fully saturated rings. The van der Waals surface area contributed by atoms with Crippen LogP contribution < -0.4 is 0 Å². The average molecular weight is 296 g/mol. The molecule has 0 amide bonds. The summed E-state index contributed by atoms with van der Waals surface area (Å²) in [5, 5.41) is 0. The lowest BCUT2D eigenvalue weighted by atomic mass is 9.93. The maximum absolute atomic E-state index is 11.3. The van der Waals surface area contributed by atoms with E-state index >= 15 is 0 Å². The summed E-state index contributed by atoms with van der Waals surface area (Å²) in [4.78, 5) is 11.3. The molecular weight excluding hydrogens is 276 g/mol. The minimum absolute atomic E-state index is 0.0339. The fourth-order valence-electron chi connectivity index (χ4n) is 2.66. The molecule has 0 unspecified atom stereocenters. The Labute approximate surface area is 130 Å². The van der Waals surface area contributed by atoms with E-state index in [0.29, 0.717) is 18.8 Å². The molecule has 1 saturated heterocycles. The van der Waals surface area contributed by atoms with Gasteiger partial charge in [-0.05, 0) is 11.1 Å². The summed E-state index contributed by atoms with van der Waals surface area (Å²) in [6, 6.07) is 15.5. The number of rotatable bonds is 3. The van der Waals surface area contributed by atoms with Crippen LogP contribution in [0.1, 0.15) is 36.1 Å². The molecule has 2 aromatic carbocycles. The van der Waals surface area contributed by atoms with E-state index in [1.54, 1.807) is 0 Å². The van der Waals surface area contributed by atoms with E-state index in [1.165, 1.54) is 0 Å². The Bertz CT molecular complexity index is 666. The monoisotopic (exact) mass is 296 g/mol. The van der Waals surface area contributed by atoms with Gasteiger partial charge in [-0.15, -0.1) is 0 Å². The average Bonchev–Trinajstić information content (AvgIpc) is 2.55. The van der Waals surface area contributed by atoms with E-state index in [0.717, 1.165) is 23.0 Å². The third kappa shape index (κ3) is 2.96. The van der Waals surface area contributed by atoms with Gasteiger partial charge in [0.25, 0.3) is 0 Å². The van der Waals surface area contributed by atoms with Crippen LogP contribution in [0.4, 0.5) is 0 Å². The molecule has 1 aliphatic heterocycles. The van der Waals surface area contributed by atoms with E-state index in [9.17, 15) is 4.79 Å². The molecule has 0 radical (unpaired) electrons. The van der Waals surface area contributed by atoms with Gasteiger partial charge in [0.1, 0.15) is 0 Å². The van der Waals surface area contributed by atoms with E-state index < -0.39 is 0 Å². The Kier molecular flexibility index (Phi) is 4.10. The first-order valence-electron chi connectivity index (χ1n) is 7.47. The molecule has 0 spiro atoms. The van der Waals surface area contributed by atoms with Crippen molar-refractivity contribution >= 4 is 6.29 Å². The molecule has 0 aliphatic carbocycles. The second-order valence-electron chi connectivity index (χ2n) is 6.41. The van der Waals surface area contributed by atoms with E-state index in [-0.39, 0.29) is 11.7 Å². The van der Waals surface area contributed by atoms with Gasteiger partial charge < -0.3 is 9.47 Å². The topological polar surface area (TPSA) is 35.5 Å². The van der Waals surface area contributed by atoms with Crippen LogP contribution in [0, 0.1) is 5.41 Å². The number of hydrogen-bond donors (Lipinski definition) is 0. The smallest absolute Gasteiger partial charge is 0.184 e. The van der Waals surface area contributed by atoms with Crippen LogP contribution in [0.25, 0.3) is 11.1 Å². The van der Waals surface area contributed by atoms with Crippen LogP contribution in [-0.2, 0) is 9.47 Å². The van der Waals surface area contributed by atoms with Gasteiger partial charge in [-0.25, -0.2) is 0 Å². The molecule has 0 saturated carbocycles. The summed E-state index contributed by atoms with van der Waals surface area (Å²) in [5.74, 6) is 0. The molecule has 3 nitrogen and oxygen atoms in total. The molecule has 2 aromatic rings. The number of carbonyl (C=O) groups is 1. The zero-order valence-electron chi connectivity index (χ0n) is 12.9. The van der Waals surface area contributed by atoms with Crippen molar-refractivity contribution in [1.29, 1.82) is 0 Å². The Morgan fingerprint density at radius 1 is 0.955 bits per heavy atom. The molecule has 114 valence electrons. The van der Waals surface area contributed by atoms with Gasteiger partial charge in [0, 0.05) is 16.5 Å². The fraction of sp³-hybridized carbons (Fsp3) is 0.316. The van der Waals surface area contributed by atoms with Crippen LogP contribution in [-0.4, -0.2) is 19.5 Å². The molecule has 0 bridgehead atoms. The van der Waals surface area contributed by atoms with E-state index in [2.05, 4.69) is 13.8 Å². The molecule has 22 heavy (non-hydrogen) atoms. The number of ether oxygens (including phenoxy) is 2. The first-order chi connectivity index (χ1) is 10.6. The normalized spacial score (nSPS) is 18.1. The van der Waals surface area contributed by atoms with Crippen molar-refractivity contribution < 1.29 is 14.3 Å². The minimum Gasteiger partial charge on any atom is -0.348 e. The number of carbonyl (C=O) groups excluding carboxylic acids is 1. The van der Waals surface area contributed by atoms with Crippen molar-refractivity contribution in [2.75, 3.05) is 13.2 Å². The predicted octanol–water partition coefficient (Wildman–Crippen LogP) is 4.24. The lowest BCUT2D eigenvalue weighted by molar-refractivity contribution is -0.226. The molecule has 0 atom stereocenters. The molecular formula is C19H20O3. The third-order valence-corrected chi connectivity index (χ3v) is 3.84. The molecule has 3 heteroatoms. The molecule has 1 aliphatic rings. The van der Waals surface area contributed by atoms with Gasteiger partial charge in [0.2, 0.25) is 0 Å². The first kappa shape index (κ1) is 14.9. The van der Waals surface area contributed by atoms with Crippen LogP contribution in [0.5, 0.6) is 0 Å². The third-order valence-electron chi connectivity index (χ3n) is 3.84. The second-order valence-corrected chi connectivity index (χ2v) is 6.41. The summed E-state index contributed by atoms with van der Waals surface area (Å²) in [7, 11) is 0. The molecule has 1 heterocycles. The van der Waals surface area contributed by atoms with Crippen LogP contribution in [0.2, 0.25) is 0 Å². The van der Waals surface area contributed by atoms with Crippen LogP contribution >= 0.6 is 0 Å². The summed E-state index contributed by atoms with van der Waals surface area (Å²) in [5.41, 5.74) is 3.56. The number of benzene rings is 2. The van der Waals surface area contributed by atoms with Gasteiger partial charge in [0.05, 0.1) is 13.2 Å². The second kappa shape index (κ2) is 6.03. The Morgan fingerprint density at radius 3 is 2.23 bits per heavy atom. The Hall–Kier alpha value is -1.97. The van der Waals surface area contributed by atoms with Gasteiger partial charge >= 0.3 is 0 Å². The van der Waals surface area contributed by atoms with Gasteiger partial charge in [-0.3, -0.25) is 4.79 Å². The lowest BCUT2D eigenvalue weighted by Crippen LogP contribution is -2.33. The van der Waals surface area contributed by atoms with Crippen molar-refractivity contribution in [2.45, 2.75) is 20.1 Å². The molecule has 3 rings (SSSR count). The summed E-state index contributed by atoms with van der Waals surface area (Å²) in [6.45, 7) is 5.55. The highest BCUT2D eigenvalue weighted by molar-refractivity contribution is 5.88. The van der Waals surface area contributed by atoms with Gasteiger partial charge in [0.15, 0.2) is 12.6 Å². The zero-order valence-corrected chi connectivity index (χ0v) is 12.9. The van der Waals surface area contributed by atoms with Crippen molar-refractivity contribution in [3.63, 3.8) is 0 Å². The van der Waals surface area contributed by atoms with Gasteiger partial charge in [-0.1, -0.05) is 62.4 Å². The lowest BCUT2D eigenvalue weighted by Gasteiger charge is -2.35. The highest BCUT2D eigenvalue weighted by Gasteiger charge is 2.30. The number of hydrogen-bond acceptors (Lipinski definition) is 3.